The van der Waals surface area contributed by atoms with Crippen molar-refractivity contribution >= 4 is 11.8 Å². The Morgan fingerprint density at radius 1 is 1.00 bits per heavy atom. The van der Waals surface area contributed by atoms with Crippen molar-refractivity contribution in [1.82, 2.24) is 20.2 Å². The Kier molecular flexibility index (Phi) is 7.77. The predicted molar refractivity (Wildman–Crippen MR) is 147 cm³/mol. The van der Waals surface area contributed by atoms with Crippen molar-refractivity contribution in [3.05, 3.63) is 84.1 Å². The smallest absolute Gasteiger partial charge is 0.355 e. The third-order valence-electron chi connectivity index (χ3n) is 6.81. The second-order valence-corrected chi connectivity index (χ2v) is 9.97. The number of halogens is 3. The monoisotopic (exact) mass is 532 g/mol. The van der Waals surface area contributed by atoms with Crippen molar-refractivity contribution in [2.24, 2.45) is 5.92 Å². The van der Waals surface area contributed by atoms with Crippen molar-refractivity contribution in [1.29, 1.82) is 0 Å². The second kappa shape index (κ2) is 11.4. The van der Waals surface area contributed by atoms with Crippen LogP contribution in [-0.2, 0) is 6.18 Å². The summed E-state index contributed by atoms with van der Waals surface area (Å²) in [6.07, 6.45) is 0.516. The number of hydrogen-bond acceptors (Lipinski definition) is 6. The van der Waals surface area contributed by atoms with Crippen molar-refractivity contribution in [3.8, 4) is 22.5 Å². The van der Waals surface area contributed by atoms with Crippen LogP contribution in [0.1, 0.15) is 50.3 Å². The summed E-state index contributed by atoms with van der Waals surface area (Å²) in [7, 11) is 0. The van der Waals surface area contributed by atoms with Gasteiger partial charge >= 0.3 is 6.18 Å². The van der Waals surface area contributed by atoms with Gasteiger partial charge in [-0.25, -0.2) is 9.97 Å². The first-order valence-electron chi connectivity index (χ1n) is 13.3. The lowest BCUT2D eigenvalue weighted by atomic mass is 10.0. The van der Waals surface area contributed by atoms with E-state index in [0.717, 1.165) is 37.2 Å². The van der Waals surface area contributed by atoms with Gasteiger partial charge < -0.3 is 10.2 Å². The number of rotatable bonds is 10. The van der Waals surface area contributed by atoms with Gasteiger partial charge in [0.05, 0.1) is 17.3 Å². The molecule has 0 spiro atoms. The molecular weight excluding hydrogens is 501 g/mol. The van der Waals surface area contributed by atoms with Crippen LogP contribution >= 0.6 is 0 Å². The summed E-state index contributed by atoms with van der Waals surface area (Å²) in [6.45, 7) is 5.84. The molecule has 1 aliphatic rings. The fourth-order valence-electron chi connectivity index (χ4n) is 4.57. The summed E-state index contributed by atoms with van der Waals surface area (Å²) in [5, 5.41) is 12.3. The van der Waals surface area contributed by atoms with Crippen LogP contribution in [0.4, 0.5) is 24.9 Å². The molecule has 1 saturated carbocycles. The summed E-state index contributed by atoms with van der Waals surface area (Å²) in [4.78, 5) is 11.4. The van der Waals surface area contributed by atoms with Crippen LogP contribution < -0.4 is 10.2 Å². The van der Waals surface area contributed by atoms with Gasteiger partial charge in [-0.3, -0.25) is 0 Å². The summed E-state index contributed by atoms with van der Waals surface area (Å²) < 4.78 is 40.6. The molecule has 1 atom stereocenters. The van der Waals surface area contributed by atoms with E-state index in [1.807, 2.05) is 43.3 Å². The lowest BCUT2D eigenvalue weighted by molar-refractivity contribution is -0.137. The van der Waals surface area contributed by atoms with Crippen molar-refractivity contribution in [2.45, 2.75) is 45.3 Å². The number of benzene rings is 2. The predicted octanol–water partition coefficient (Wildman–Crippen LogP) is 7.42. The SMILES string of the molecule is CCCN(CC1CC1)c1cc(-c2ccnc(N[C@@H](C)c3ccccc3)n2)c(-c2cccc(C(F)(F)F)c2)nn1. The average molecular weight is 533 g/mol. The highest BCUT2D eigenvalue weighted by atomic mass is 19.4. The second-order valence-electron chi connectivity index (χ2n) is 9.97. The van der Waals surface area contributed by atoms with Gasteiger partial charge in [0.25, 0.3) is 0 Å². The van der Waals surface area contributed by atoms with Crippen LogP contribution in [0.3, 0.4) is 0 Å². The van der Waals surface area contributed by atoms with E-state index in [4.69, 9.17) is 4.98 Å². The van der Waals surface area contributed by atoms with E-state index in [9.17, 15) is 13.2 Å². The van der Waals surface area contributed by atoms with E-state index in [0.29, 0.717) is 40.2 Å². The third kappa shape index (κ3) is 6.53. The Morgan fingerprint density at radius 2 is 1.79 bits per heavy atom. The van der Waals surface area contributed by atoms with Crippen LogP contribution in [-0.4, -0.2) is 33.3 Å². The molecule has 2 aromatic heterocycles. The summed E-state index contributed by atoms with van der Waals surface area (Å²) in [5.41, 5.74) is 2.18. The number of aromatic nitrogens is 4. The lowest BCUT2D eigenvalue weighted by Crippen LogP contribution is -2.27. The Balaban J connectivity index is 1.56. The Hall–Kier alpha value is -4.01. The van der Waals surface area contributed by atoms with Crippen LogP contribution in [0.2, 0.25) is 0 Å². The maximum atomic E-state index is 13.5. The summed E-state index contributed by atoms with van der Waals surface area (Å²) in [6, 6.07) is 18.7. The number of hydrogen-bond donors (Lipinski definition) is 1. The fourth-order valence-corrected chi connectivity index (χ4v) is 4.57. The number of nitrogens with one attached hydrogen (secondary N) is 1. The fraction of sp³-hybridized carbons (Fsp3) is 0.333. The minimum absolute atomic E-state index is 0.0471. The molecule has 39 heavy (non-hydrogen) atoms. The van der Waals surface area contributed by atoms with Gasteiger partial charge in [0.2, 0.25) is 5.95 Å². The standard InChI is InChI=1S/C30H31F3N6/c1-3-16-39(19-21-12-13-21)27-18-25(28(38-37-27)23-10-7-11-24(17-23)30(31,32)33)26-14-15-34-29(36-26)35-20(2)22-8-5-4-6-9-22/h4-11,14-15,17-18,20-21H,3,12-13,16,19H2,1-2H3,(H,34,35,36)/t20-/m0/s1. The van der Waals surface area contributed by atoms with Crippen molar-refractivity contribution in [2.75, 3.05) is 23.3 Å². The van der Waals surface area contributed by atoms with Gasteiger partial charge in [-0.1, -0.05) is 49.4 Å². The van der Waals surface area contributed by atoms with Gasteiger partial charge in [-0.2, -0.15) is 13.2 Å². The molecule has 0 amide bonds. The molecule has 9 heteroatoms. The van der Waals surface area contributed by atoms with E-state index >= 15 is 0 Å². The van der Waals surface area contributed by atoms with Gasteiger partial charge in [0.15, 0.2) is 5.82 Å². The molecule has 2 aromatic carbocycles. The summed E-state index contributed by atoms with van der Waals surface area (Å²) in [5.74, 6) is 1.75. The quantitative estimate of drug-likeness (QED) is 0.229. The maximum absolute atomic E-state index is 13.5. The zero-order valence-electron chi connectivity index (χ0n) is 22.0. The van der Waals surface area contributed by atoms with Crippen LogP contribution in [0.5, 0.6) is 0 Å². The highest BCUT2D eigenvalue weighted by Crippen LogP contribution is 2.37. The molecule has 4 aromatic rings. The molecule has 1 fully saturated rings. The van der Waals surface area contributed by atoms with Crippen molar-refractivity contribution < 1.29 is 13.2 Å². The molecule has 5 rings (SSSR count). The van der Waals surface area contributed by atoms with E-state index in [1.54, 1.807) is 18.3 Å². The molecule has 0 aliphatic heterocycles. The highest BCUT2D eigenvalue weighted by molar-refractivity contribution is 5.81. The first kappa shape index (κ1) is 26.6. The van der Waals surface area contributed by atoms with Crippen LogP contribution in [0.25, 0.3) is 22.5 Å². The van der Waals surface area contributed by atoms with Crippen LogP contribution in [0, 0.1) is 5.92 Å². The molecule has 0 bridgehead atoms. The Labute approximate surface area is 226 Å². The molecular formula is C30H31F3N6. The van der Waals surface area contributed by atoms with E-state index < -0.39 is 11.7 Å². The normalized spacial score (nSPS) is 14.2. The molecule has 0 saturated heterocycles. The van der Waals surface area contributed by atoms with Gasteiger partial charge in [0, 0.05) is 30.4 Å². The molecule has 0 radical (unpaired) electrons. The van der Waals surface area contributed by atoms with Gasteiger partial charge in [-0.15, -0.1) is 10.2 Å². The third-order valence-corrected chi connectivity index (χ3v) is 6.81. The van der Waals surface area contributed by atoms with E-state index in [-0.39, 0.29) is 6.04 Å². The average Bonchev–Trinajstić information content (AvgIpc) is 3.77. The molecule has 1 aliphatic carbocycles. The first-order valence-corrected chi connectivity index (χ1v) is 13.3. The summed E-state index contributed by atoms with van der Waals surface area (Å²) >= 11 is 0. The van der Waals surface area contributed by atoms with E-state index in [2.05, 4.69) is 32.3 Å². The molecule has 2 heterocycles. The number of anilines is 2. The lowest BCUT2D eigenvalue weighted by Gasteiger charge is -2.24. The molecule has 6 nitrogen and oxygen atoms in total. The van der Waals surface area contributed by atoms with Crippen LogP contribution in [0.15, 0.2) is 72.9 Å². The maximum Gasteiger partial charge on any atom is 0.416 e. The Bertz CT molecular complexity index is 1410. The minimum atomic E-state index is -4.47. The number of alkyl halides is 3. The molecule has 1 N–H and O–H groups in total. The first-order chi connectivity index (χ1) is 18.8. The van der Waals surface area contributed by atoms with E-state index in [1.165, 1.54) is 18.9 Å². The zero-order chi connectivity index (χ0) is 27.4. The van der Waals surface area contributed by atoms with Crippen molar-refractivity contribution in [3.63, 3.8) is 0 Å². The number of nitrogens with zero attached hydrogens (tertiary/aromatic N) is 5. The largest absolute Gasteiger partial charge is 0.416 e. The van der Waals surface area contributed by atoms with Gasteiger partial charge in [-0.05, 0) is 61.9 Å². The zero-order valence-corrected chi connectivity index (χ0v) is 22.0. The van der Waals surface area contributed by atoms with Gasteiger partial charge in [0.1, 0.15) is 5.69 Å². The highest BCUT2D eigenvalue weighted by Gasteiger charge is 2.31. The molecule has 0 unspecified atom stereocenters. The topological polar surface area (TPSA) is 66.8 Å². The minimum Gasteiger partial charge on any atom is -0.355 e. The Morgan fingerprint density at radius 3 is 2.51 bits per heavy atom. The molecule has 202 valence electrons.